The lowest BCUT2D eigenvalue weighted by molar-refractivity contribution is 0.122. The minimum atomic E-state index is -0.0742. The van der Waals surface area contributed by atoms with Gasteiger partial charge in [0.15, 0.2) is 0 Å². The first-order valence-electron chi connectivity index (χ1n) is 12.1. The van der Waals surface area contributed by atoms with E-state index in [-0.39, 0.29) is 6.10 Å². The maximum absolute atomic E-state index is 9.71. The van der Waals surface area contributed by atoms with Gasteiger partial charge in [-0.25, -0.2) is 0 Å². The normalized spacial score (nSPS) is 19.4. The van der Waals surface area contributed by atoms with Crippen molar-refractivity contribution in [1.82, 2.24) is 0 Å². The van der Waals surface area contributed by atoms with Gasteiger partial charge in [-0.1, -0.05) is 100 Å². The first-order chi connectivity index (χ1) is 14.3. The van der Waals surface area contributed by atoms with Crippen LogP contribution in [-0.2, 0) is 6.42 Å². The van der Waals surface area contributed by atoms with Gasteiger partial charge in [0.25, 0.3) is 0 Å². The van der Waals surface area contributed by atoms with Crippen LogP contribution in [0, 0.1) is 0 Å². The van der Waals surface area contributed by atoms with Crippen molar-refractivity contribution in [1.29, 1.82) is 0 Å². The van der Waals surface area contributed by atoms with Crippen LogP contribution in [0.1, 0.15) is 101 Å². The molecule has 1 fully saturated rings. The summed E-state index contributed by atoms with van der Waals surface area (Å²) < 4.78 is 0. The van der Waals surface area contributed by atoms with Gasteiger partial charge >= 0.3 is 0 Å². The molecule has 1 N–H and O–H groups in total. The van der Waals surface area contributed by atoms with E-state index < -0.39 is 0 Å². The maximum atomic E-state index is 9.71. The smallest absolute Gasteiger partial charge is 0.0540 e. The number of benzene rings is 2. The molecular weight excluding hydrogens is 352 g/mol. The van der Waals surface area contributed by atoms with Crippen LogP contribution in [-0.4, -0.2) is 11.2 Å². The Bertz CT molecular complexity index is 677. The van der Waals surface area contributed by atoms with Crippen LogP contribution in [0.5, 0.6) is 0 Å². The average molecular weight is 393 g/mol. The Hall–Kier alpha value is -1.60. The Balaban J connectivity index is 1.41. The SMILES string of the molecule is CCCCCCCCCCc1ccc(-c2ccc(C3CCC(O)CC3)cc2)cc1. The molecule has 0 amide bonds. The van der Waals surface area contributed by atoms with Gasteiger partial charge < -0.3 is 5.11 Å². The highest BCUT2D eigenvalue weighted by Crippen LogP contribution is 2.33. The summed E-state index contributed by atoms with van der Waals surface area (Å²) in [6, 6.07) is 18.3. The molecule has 1 saturated carbocycles. The number of rotatable bonds is 11. The van der Waals surface area contributed by atoms with Crippen LogP contribution in [0.4, 0.5) is 0 Å². The fourth-order valence-electron chi connectivity index (χ4n) is 4.68. The van der Waals surface area contributed by atoms with E-state index in [9.17, 15) is 5.11 Å². The number of aliphatic hydroxyl groups excluding tert-OH is 1. The number of hydrogen-bond acceptors (Lipinski definition) is 1. The Kier molecular flexibility index (Phi) is 9.28. The monoisotopic (exact) mass is 392 g/mol. The Morgan fingerprint density at radius 2 is 1.17 bits per heavy atom. The summed E-state index contributed by atoms with van der Waals surface area (Å²) in [6.45, 7) is 2.28. The van der Waals surface area contributed by atoms with Crippen molar-refractivity contribution in [2.75, 3.05) is 0 Å². The fraction of sp³-hybridized carbons (Fsp3) is 0.571. The third-order valence-corrected chi connectivity index (χ3v) is 6.69. The molecule has 1 nitrogen and oxygen atoms in total. The van der Waals surface area contributed by atoms with Crippen LogP contribution in [0.3, 0.4) is 0 Å². The molecule has 1 heteroatoms. The highest BCUT2D eigenvalue weighted by atomic mass is 16.3. The minimum absolute atomic E-state index is 0.0742. The molecule has 158 valence electrons. The quantitative estimate of drug-likeness (QED) is 0.383. The zero-order chi connectivity index (χ0) is 20.3. The average Bonchev–Trinajstić information content (AvgIpc) is 2.77. The Morgan fingerprint density at radius 3 is 1.76 bits per heavy atom. The summed E-state index contributed by atoms with van der Waals surface area (Å²) >= 11 is 0. The van der Waals surface area contributed by atoms with Gasteiger partial charge in [-0.05, 0) is 66.7 Å². The van der Waals surface area contributed by atoms with Crippen molar-refractivity contribution in [2.45, 2.75) is 102 Å². The molecule has 0 heterocycles. The summed E-state index contributed by atoms with van der Waals surface area (Å²) in [5.74, 6) is 0.626. The van der Waals surface area contributed by atoms with Crippen molar-refractivity contribution in [3.8, 4) is 11.1 Å². The van der Waals surface area contributed by atoms with Gasteiger partial charge in [0.1, 0.15) is 0 Å². The van der Waals surface area contributed by atoms with E-state index >= 15 is 0 Å². The first kappa shape index (κ1) is 22.1. The molecule has 0 saturated heterocycles. The molecule has 0 bridgehead atoms. The molecule has 0 atom stereocenters. The zero-order valence-electron chi connectivity index (χ0n) is 18.4. The van der Waals surface area contributed by atoms with Gasteiger partial charge in [0, 0.05) is 0 Å². The molecule has 1 aliphatic carbocycles. The van der Waals surface area contributed by atoms with Crippen LogP contribution in [0.15, 0.2) is 48.5 Å². The second-order valence-corrected chi connectivity index (χ2v) is 9.05. The summed E-state index contributed by atoms with van der Waals surface area (Å²) in [5.41, 5.74) is 5.53. The van der Waals surface area contributed by atoms with Crippen molar-refractivity contribution in [3.05, 3.63) is 59.7 Å². The number of unbranched alkanes of at least 4 members (excludes halogenated alkanes) is 7. The molecular formula is C28H40O. The maximum Gasteiger partial charge on any atom is 0.0540 e. The molecule has 2 aromatic carbocycles. The summed E-state index contributed by atoms with van der Waals surface area (Å²) in [7, 11) is 0. The van der Waals surface area contributed by atoms with E-state index in [0.29, 0.717) is 5.92 Å². The van der Waals surface area contributed by atoms with Crippen LogP contribution in [0.25, 0.3) is 11.1 Å². The second kappa shape index (κ2) is 12.2. The van der Waals surface area contributed by atoms with Gasteiger partial charge in [-0.3, -0.25) is 0 Å². The molecule has 0 aliphatic heterocycles. The van der Waals surface area contributed by atoms with Crippen LogP contribution < -0.4 is 0 Å². The van der Waals surface area contributed by atoms with Gasteiger partial charge in [0.05, 0.1) is 6.10 Å². The fourth-order valence-corrected chi connectivity index (χ4v) is 4.68. The third kappa shape index (κ3) is 7.30. The third-order valence-electron chi connectivity index (χ3n) is 6.69. The summed E-state index contributed by atoms with van der Waals surface area (Å²) in [4.78, 5) is 0. The topological polar surface area (TPSA) is 20.2 Å². The molecule has 29 heavy (non-hydrogen) atoms. The Morgan fingerprint density at radius 1 is 0.655 bits per heavy atom. The summed E-state index contributed by atoms with van der Waals surface area (Å²) in [5, 5.41) is 9.71. The van der Waals surface area contributed by atoms with Gasteiger partial charge in [0.2, 0.25) is 0 Å². The van der Waals surface area contributed by atoms with Gasteiger partial charge in [-0.2, -0.15) is 0 Å². The van der Waals surface area contributed by atoms with E-state index in [0.717, 1.165) is 25.7 Å². The highest BCUT2D eigenvalue weighted by molar-refractivity contribution is 5.64. The second-order valence-electron chi connectivity index (χ2n) is 9.05. The molecule has 0 unspecified atom stereocenters. The van der Waals surface area contributed by atoms with Crippen LogP contribution >= 0.6 is 0 Å². The van der Waals surface area contributed by atoms with Crippen molar-refractivity contribution in [3.63, 3.8) is 0 Å². The van der Waals surface area contributed by atoms with Crippen LogP contribution in [0.2, 0.25) is 0 Å². The molecule has 1 aliphatic rings. The minimum Gasteiger partial charge on any atom is -0.393 e. The lowest BCUT2D eigenvalue weighted by Gasteiger charge is -2.25. The number of hydrogen-bond donors (Lipinski definition) is 1. The lowest BCUT2D eigenvalue weighted by atomic mass is 9.82. The predicted octanol–water partition coefficient (Wildman–Crippen LogP) is 8.06. The number of aryl methyl sites for hydroxylation is 1. The standard InChI is InChI=1S/C28H40O/c1-2-3-4-5-6-7-8-9-10-23-11-13-24(14-12-23)25-15-17-26(18-16-25)27-19-21-28(29)22-20-27/h11-18,27-29H,2-10,19-22H2,1H3. The van der Waals surface area contributed by atoms with E-state index in [1.807, 2.05) is 0 Å². The summed E-state index contributed by atoms with van der Waals surface area (Å²) in [6.07, 6.45) is 16.4. The van der Waals surface area contributed by atoms with E-state index in [1.165, 1.54) is 80.0 Å². The van der Waals surface area contributed by atoms with E-state index in [4.69, 9.17) is 0 Å². The largest absolute Gasteiger partial charge is 0.393 e. The van der Waals surface area contributed by atoms with Crippen molar-refractivity contribution >= 4 is 0 Å². The first-order valence-corrected chi connectivity index (χ1v) is 12.1. The molecule has 2 aromatic rings. The molecule has 0 radical (unpaired) electrons. The Labute approximate surface area is 178 Å². The van der Waals surface area contributed by atoms with Gasteiger partial charge in [-0.15, -0.1) is 0 Å². The number of aliphatic hydroxyl groups is 1. The lowest BCUT2D eigenvalue weighted by Crippen LogP contribution is -2.16. The van der Waals surface area contributed by atoms with E-state index in [1.54, 1.807) is 0 Å². The molecule has 3 rings (SSSR count). The molecule has 0 spiro atoms. The predicted molar refractivity (Wildman–Crippen MR) is 125 cm³/mol. The zero-order valence-corrected chi connectivity index (χ0v) is 18.4. The highest BCUT2D eigenvalue weighted by Gasteiger charge is 2.20. The van der Waals surface area contributed by atoms with E-state index in [2.05, 4.69) is 55.5 Å². The molecule has 0 aromatic heterocycles. The van der Waals surface area contributed by atoms with Crippen molar-refractivity contribution in [2.24, 2.45) is 0 Å². The van der Waals surface area contributed by atoms with Crippen molar-refractivity contribution < 1.29 is 5.11 Å².